The molecule has 0 unspecified atom stereocenters. The van der Waals surface area contributed by atoms with Crippen LogP contribution >= 0.6 is 0 Å². The number of phenols is 2. The maximum atomic E-state index is 10.3. The van der Waals surface area contributed by atoms with Crippen molar-refractivity contribution in [2.75, 3.05) is 0 Å². The van der Waals surface area contributed by atoms with E-state index in [1.165, 1.54) is 0 Å². The van der Waals surface area contributed by atoms with Gasteiger partial charge in [-0.2, -0.15) is 0 Å². The number of aromatic hydroxyl groups is 2. The van der Waals surface area contributed by atoms with Crippen LogP contribution in [0.15, 0.2) is 20.7 Å². The van der Waals surface area contributed by atoms with E-state index in [0.29, 0.717) is 0 Å². The molecule has 0 saturated carbocycles. The second kappa shape index (κ2) is 4.16. The molecule has 0 atom stereocenters. The van der Waals surface area contributed by atoms with E-state index >= 15 is 0 Å². The maximum absolute atomic E-state index is 10.3. The Labute approximate surface area is 85.8 Å². The first kappa shape index (κ1) is 11.3. The lowest BCUT2D eigenvalue weighted by molar-refractivity contribution is 0.465. The predicted molar refractivity (Wildman–Crippen MR) is 51.6 cm³/mol. The molecule has 1 rings (SSSR count). The lowest BCUT2D eigenvalue weighted by Crippen LogP contribution is -1.77. The van der Waals surface area contributed by atoms with E-state index in [1.807, 2.05) is 0 Å². The standard InChI is InChI=1S/C6H2N4O6/c11-5-1(7-13)2(8-14)6(12)4(10-16)3(5)9-15/h11-12H. The van der Waals surface area contributed by atoms with Gasteiger partial charge in [0.2, 0.25) is 0 Å². The van der Waals surface area contributed by atoms with Crippen LogP contribution in [0.1, 0.15) is 0 Å². The number of hydrogen-bond donors (Lipinski definition) is 2. The number of rotatable bonds is 4. The number of benzene rings is 1. The zero-order valence-corrected chi connectivity index (χ0v) is 7.32. The molecule has 0 aromatic heterocycles. The molecule has 0 spiro atoms. The smallest absolute Gasteiger partial charge is 0.185 e. The highest BCUT2D eigenvalue weighted by molar-refractivity contribution is 5.91. The molecule has 10 heteroatoms. The molecule has 0 fully saturated rings. The number of nitroso groups, excluding NO2 is 4. The van der Waals surface area contributed by atoms with Crippen LogP contribution < -0.4 is 0 Å². The largest absolute Gasteiger partial charge is 0.504 e. The van der Waals surface area contributed by atoms with Crippen LogP contribution in [0.4, 0.5) is 22.7 Å². The second-order valence-electron chi connectivity index (χ2n) is 2.46. The van der Waals surface area contributed by atoms with Gasteiger partial charge in [-0.05, 0) is 20.7 Å². The Balaban J connectivity index is 3.88. The minimum atomic E-state index is -1.15. The van der Waals surface area contributed by atoms with Gasteiger partial charge in [-0.3, -0.25) is 0 Å². The zero-order valence-electron chi connectivity index (χ0n) is 7.32. The third-order valence-electron chi connectivity index (χ3n) is 1.71. The van der Waals surface area contributed by atoms with Gasteiger partial charge in [0.05, 0.1) is 0 Å². The summed E-state index contributed by atoms with van der Waals surface area (Å²) in [7, 11) is 0. The highest BCUT2D eigenvalue weighted by atomic mass is 16.3. The second-order valence-corrected chi connectivity index (χ2v) is 2.46. The zero-order chi connectivity index (χ0) is 12.3. The third-order valence-corrected chi connectivity index (χ3v) is 1.71. The average Bonchev–Trinajstić information content (AvgIpc) is 2.30. The molecule has 0 aliphatic heterocycles. The Bertz CT molecular complexity index is 412. The van der Waals surface area contributed by atoms with Crippen molar-refractivity contribution in [3.63, 3.8) is 0 Å². The fourth-order valence-corrected chi connectivity index (χ4v) is 1.02. The van der Waals surface area contributed by atoms with Crippen molar-refractivity contribution in [2.45, 2.75) is 0 Å². The molecule has 0 bridgehead atoms. The van der Waals surface area contributed by atoms with E-state index in [4.69, 9.17) is 0 Å². The van der Waals surface area contributed by atoms with Crippen molar-refractivity contribution >= 4 is 22.7 Å². The molecule has 1 aromatic carbocycles. The molecule has 0 radical (unpaired) electrons. The molecule has 10 nitrogen and oxygen atoms in total. The van der Waals surface area contributed by atoms with E-state index in [1.54, 1.807) is 0 Å². The molecule has 2 N–H and O–H groups in total. The van der Waals surface area contributed by atoms with Crippen LogP contribution in [0, 0.1) is 19.6 Å². The van der Waals surface area contributed by atoms with Gasteiger partial charge in [0.25, 0.3) is 0 Å². The monoisotopic (exact) mass is 226 g/mol. The molecule has 0 heterocycles. The maximum Gasteiger partial charge on any atom is 0.185 e. The molecule has 0 saturated heterocycles. The minimum absolute atomic E-state index is 0.991. The first-order valence-corrected chi connectivity index (χ1v) is 3.57. The topological polar surface area (TPSA) is 158 Å². The normalized spacial score (nSPS) is 9.50. The Morgan fingerprint density at radius 2 is 0.750 bits per heavy atom. The molecule has 0 aliphatic rings. The summed E-state index contributed by atoms with van der Waals surface area (Å²) in [5, 5.41) is 27.2. The van der Waals surface area contributed by atoms with Gasteiger partial charge < -0.3 is 10.2 Å². The summed E-state index contributed by atoms with van der Waals surface area (Å²) in [5.41, 5.74) is -3.96. The quantitative estimate of drug-likeness (QED) is 0.592. The van der Waals surface area contributed by atoms with E-state index < -0.39 is 34.2 Å². The van der Waals surface area contributed by atoms with Gasteiger partial charge in [-0.1, -0.05) is 0 Å². The van der Waals surface area contributed by atoms with Crippen molar-refractivity contribution in [2.24, 2.45) is 20.7 Å². The van der Waals surface area contributed by atoms with Crippen molar-refractivity contribution in [1.82, 2.24) is 0 Å². The molecular weight excluding hydrogens is 224 g/mol. The summed E-state index contributed by atoms with van der Waals surface area (Å²) in [6, 6.07) is 0. The van der Waals surface area contributed by atoms with Gasteiger partial charge >= 0.3 is 0 Å². The summed E-state index contributed by atoms with van der Waals surface area (Å²) in [4.78, 5) is 41.0. The van der Waals surface area contributed by atoms with Gasteiger partial charge in [-0.15, -0.1) is 19.6 Å². The van der Waals surface area contributed by atoms with Gasteiger partial charge in [0, 0.05) is 0 Å². The van der Waals surface area contributed by atoms with Gasteiger partial charge in [-0.25, -0.2) is 0 Å². The van der Waals surface area contributed by atoms with Gasteiger partial charge in [0.1, 0.15) is 0 Å². The summed E-state index contributed by atoms with van der Waals surface area (Å²) in [6.45, 7) is 0. The van der Waals surface area contributed by atoms with E-state index in [-0.39, 0.29) is 0 Å². The molecular formula is C6H2N4O6. The molecule has 1 aromatic rings. The Kier molecular flexibility index (Phi) is 2.94. The van der Waals surface area contributed by atoms with E-state index in [0.717, 1.165) is 0 Å². The Morgan fingerprint density at radius 1 is 0.562 bits per heavy atom. The summed E-state index contributed by atoms with van der Waals surface area (Å²) < 4.78 is 0. The van der Waals surface area contributed by atoms with Crippen molar-refractivity contribution < 1.29 is 10.2 Å². The van der Waals surface area contributed by atoms with Crippen LogP contribution in [0.25, 0.3) is 0 Å². The van der Waals surface area contributed by atoms with Crippen LogP contribution in [0.3, 0.4) is 0 Å². The van der Waals surface area contributed by atoms with Crippen LogP contribution in [-0.2, 0) is 0 Å². The fourth-order valence-electron chi connectivity index (χ4n) is 1.02. The first-order chi connectivity index (χ1) is 7.62. The fraction of sp³-hybridized carbons (Fsp3) is 0. The SMILES string of the molecule is O=Nc1c(O)c(N=O)c(N=O)c(O)c1N=O. The highest BCUT2D eigenvalue weighted by Crippen LogP contribution is 2.56. The van der Waals surface area contributed by atoms with Gasteiger partial charge in [0.15, 0.2) is 34.2 Å². The number of nitrogens with zero attached hydrogens (tertiary/aromatic N) is 4. The summed E-state index contributed by atoms with van der Waals surface area (Å²) in [5.74, 6) is -2.29. The minimum Gasteiger partial charge on any atom is -0.504 e. The molecule has 0 aliphatic carbocycles. The Morgan fingerprint density at radius 3 is 0.875 bits per heavy atom. The first-order valence-electron chi connectivity index (χ1n) is 3.57. The summed E-state index contributed by atoms with van der Waals surface area (Å²) in [6.07, 6.45) is 0. The number of hydrogen-bond acceptors (Lipinski definition) is 10. The van der Waals surface area contributed by atoms with Crippen molar-refractivity contribution in [3.8, 4) is 11.5 Å². The lowest BCUT2D eigenvalue weighted by Gasteiger charge is -2.04. The van der Waals surface area contributed by atoms with Crippen molar-refractivity contribution in [3.05, 3.63) is 19.6 Å². The van der Waals surface area contributed by atoms with Crippen LogP contribution in [-0.4, -0.2) is 10.2 Å². The summed E-state index contributed by atoms with van der Waals surface area (Å²) >= 11 is 0. The lowest BCUT2D eigenvalue weighted by atomic mass is 10.1. The van der Waals surface area contributed by atoms with E-state index in [9.17, 15) is 29.8 Å². The van der Waals surface area contributed by atoms with E-state index in [2.05, 4.69) is 20.7 Å². The van der Waals surface area contributed by atoms with Crippen LogP contribution in [0.5, 0.6) is 11.5 Å². The Hall–Kier alpha value is -2.78. The highest BCUT2D eigenvalue weighted by Gasteiger charge is 2.27. The van der Waals surface area contributed by atoms with Crippen LogP contribution in [0.2, 0.25) is 0 Å². The third kappa shape index (κ3) is 1.37. The van der Waals surface area contributed by atoms with Crippen molar-refractivity contribution in [1.29, 1.82) is 0 Å². The molecule has 82 valence electrons. The molecule has 0 amide bonds. The average molecular weight is 226 g/mol. The number of phenolic OH excluding ortho intramolecular Hbond substituents is 2. The molecule has 16 heavy (non-hydrogen) atoms. The predicted octanol–water partition coefficient (Wildman–Crippen LogP) is 2.69.